The summed E-state index contributed by atoms with van der Waals surface area (Å²) in [6.45, 7) is 59.4. The molecular weight excluding hydrogens is 1500 g/mol. The van der Waals surface area contributed by atoms with Crippen LogP contribution in [-0.2, 0) is 65.0 Å². The molecule has 0 atom stereocenters. The van der Waals surface area contributed by atoms with Gasteiger partial charge in [0.05, 0.1) is 5.69 Å². The minimum absolute atomic E-state index is 0.102. The fraction of sp³-hybridized carbons (Fsp3) is 0.476. The standard InChI is InChI=1S/C35H44ClN.C34H42ClNO.C28H39N.C6H4BrClO/c1-23-18-24(36)20-27(19-23)37(25-10-12-28-30(21-25)34(6,7)16-14-32(28,2)3)26-11-13-29-31(22-26)35(8,9)17-15-33(29,4)5;1-31(2)13-15-33(5,6)29-20-23(9-11-27(29)31)36(25-17-22(35)18-26(37)19-25)24-10-12-28-30(21-24)34(7,8)16-14-32(28,3)4;1-25(2)13-15-27(5,6)23-17-19(9-11-21(23)25)29-20-10-12-22-24(18-20)28(7,8)16-14-26(22,3)4;7-4-1-5(8)3-6(9)2-4/h10-13,18-22H,14-17H2,1-9H3;9-12,17-21,37H,13-16H2,1-8H3;9-12,17-18,29H,13-16H2,1-8H3;1-3,9H. The van der Waals surface area contributed by atoms with Crippen LogP contribution in [-0.4, -0.2) is 10.2 Å². The Kier molecular flexibility index (Phi) is 22.8. The van der Waals surface area contributed by atoms with E-state index in [2.05, 4.69) is 325 Å². The van der Waals surface area contributed by atoms with Crippen molar-refractivity contribution in [1.82, 2.24) is 0 Å². The largest absolute Gasteiger partial charge is 0.508 e. The minimum Gasteiger partial charge on any atom is -0.508 e. The van der Waals surface area contributed by atoms with Crippen molar-refractivity contribution < 1.29 is 10.2 Å². The molecule has 112 heavy (non-hydrogen) atoms. The lowest BCUT2D eigenvalue weighted by Crippen LogP contribution is -2.34. The number of benzene rings is 9. The molecule has 0 unspecified atom stereocenters. The number of nitrogens with one attached hydrogen (secondary N) is 1. The number of aryl methyl sites for hydroxylation is 1. The second kappa shape index (κ2) is 30.1. The van der Waals surface area contributed by atoms with E-state index in [1.807, 2.05) is 18.2 Å². The van der Waals surface area contributed by atoms with Gasteiger partial charge in [-0.1, -0.05) is 253 Å². The van der Waals surface area contributed by atoms with E-state index < -0.39 is 0 Å². The van der Waals surface area contributed by atoms with Gasteiger partial charge in [0.1, 0.15) is 11.5 Å². The molecule has 0 bridgehead atoms. The van der Waals surface area contributed by atoms with Crippen molar-refractivity contribution in [3.05, 3.63) is 256 Å². The SMILES string of the molecule is CC1(C)CCC(C)(C)c2cc(N(c3cc(O)cc(Cl)c3)c3ccc4c(c3)C(C)(C)CCC4(C)C)ccc21.CC1(C)CCC(C)(C)c2cc(Nc3ccc4c(c3)C(C)(C)CCC4(C)C)ccc21.Cc1cc(Cl)cc(N(c2ccc3c(c2)C(C)(C)CCC3(C)C)c2ccc3c(c2)C(C)(C)CCC3(C)C)c1.Oc1cc(Cl)cc(Br)c1. The van der Waals surface area contributed by atoms with Gasteiger partial charge in [0, 0.05) is 65.4 Å². The zero-order valence-corrected chi connectivity index (χ0v) is 76.2. The first kappa shape index (κ1) is 84.7. The molecule has 9 aromatic rings. The Morgan fingerprint density at radius 3 is 0.723 bits per heavy atom. The summed E-state index contributed by atoms with van der Waals surface area (Å²) in [4.78, 5) is 4.69. The van der Waals surface area contributed by atoms with Gasteiger partial charge >= 0.3 is 0 Å². The molecule has 6 aliphatic rings. The van der Waals surface area contributed by atoms with Gasteiger partial charge in [-0.05, 0) is 343 Å². The zero-order chi connectivity index (χ0) is 82.0. The third-order valence-corrected chi connectivity index (χ3v) is 28.7. The van der Waals surface area contributed by atoms with Gasteiger partial charge in [0.15, 0.2) is 0 Å². The average Bonchev–Trinajstić information content (AvgIpc) is 0.741. The Morgan fingerprint density at radius 2 is 0.473 bits per heavy atom. The van der Waals surface area contributed by atoms with Gasteiger partial charge in [0.2, 0.25) is 0 Å². The number of aromatic hydroxyl groups is 2. The van der Waals surface area contributed by atoms with Crippen LogP contribution in [0.3, 0.4) is 0 Å². The third kappa shape index (κ3) is 17.4. The van der Waals surface area contributed by atoms with E-state index in [4.69, 9.17) is 39.9 Å². The van der Waals surface area contributed by atoms with E-state index in [1.54, 1.807) is 18.2 Å². The Bertz CT molecular complexity index is 4520. The highest BCUT2D eigenvalue weighted by molar-refractivity contribution is 9.10. The van der Waals surface area contributed by atoms with E-state index in [-0.39, 0.29) is 76.5 Å². The van der Waals surface area contributed by atoms with E-state index >= 15 is 0 Å². The van der Waals surface area contributed by atoms with Crippen LogP contribution in [0.2, 0.25) is 15.1 Å². The molecule has 0 heterocycles. The summed E-state index contributed by atoms with van der Waals surface area (Å²) in [5.41, 5.74) is 30.1. The Morgan fingerprint density at radius 1 is 0.250 bits per heavy atom. The number of rotatable bonds is 8. The van der Waals surface area contributed by atoms with Crippen molar-refractivity contribution in [2.45, 2.75) is 315 Å². The Balaban J connectivity index is 0.000000148. The number of hydrogen-bond acceptors (Lipinski definition) is 5. The van der Waals surface area contributed by atoms with Gasteiger partial charge in [0.25, 0.3) is 0 Å². The van der Waals surface area contributed by atoms with Crippen molar-refractivity contribution in [3.63, 3.8) is 0 Å². The summed E-state index contributed by atoms with van der Waals surface area (Å²) in [6, 6.07) is 58.9. The second-order valence-electron chi connectivity index (χ2n) is 42.1. The van der Waals surface area contributed by atoms with Crippen molar-refractivity contribution in [3.8, 4) is 11.5 Å². The molecule has 0 radical (unpaired) electrons. The number of halogens is 4. The Hall–Kier alpha value is -6.67. The number of phenols is 2. The normalized spacial score (nSPS) is 20.3. The van der Waals surface area contributed by atoms with Crippen LogP contribution in [0, 0.1) is 6.92 Å². The molecule has 5 nitrogen and oxygen atoms in total. The van der Waals surface area contributed by atoms with E-state index in [9.17, 15) is 5.11 Å². The molecule has 9 heteroatoms. The minimum atomic E-state index is 0.102. The lowest BCUT2D eigenvalue weighted by Gasteiger charge is -2.43. The molecule has 15 rings (SSSR count). The summed E-state index contributed by atoms with van der Waals surface area (Å²) in [6.07, 6.45) is 14.6. The monoisotopic (exact) mass is 1620 g/mol. The summed E-state index contributed by atoms with van der Waals surface area (Å²) in [7, 11) is 0. The molecule has 3 N–H and O–H groups in total. The maximum atomic E-state index is 10.5. The van der Waals surface area contributed by atoms with Crippen LogP contribution in [0.15, 0.2) is 168 Å². The smallest absolute Gasteiger partial charge is 0.119 e. The second-order valence-corrected chi connectivity index (χ2v) is 44.3. The quantitative estimate of drug-likeness (QED) is 0.142. The third-order valence-electron chi connectivity index (χ3n) is 27.6. The molecule has 0 spiro atoms. The van der Waals surface area contributed by atoms with Crippen LogP contribution in [0.1, 0.15) is 316 Å². The molecule has 6 aliphatic carbocycles. The van der Waals surface area contributed by atoms with Crippen molar-refractivity contribution in [2.24, 2.45) is 0 Å². The summed E-state index contributed by atoms with van der Waals surface area (Å²) < 4.78 is 0.785. The predicted octanol–water partition coefficient (Wildman–Crippen LogP) is 32.0. The molecule has 0 amide bonds. The first-order chi connectivity index (χ1) is 51.7. The molecule has 596 valence electrons. The van der Waals surface area contributed by atoms with Crippen molar-refractivity contribution in [2.75, 3.05) is 15.1 Å². The van der Waals surface area contributed by atoms with Crippen molar-refractivity contribution in [1.29, 1.82) is 0 Å². The molecular formula is C103H129BrCl3N3O2. The number of fused-ring (bicyclic) bond motifs is 6. The van der Waals surface area contributed by atoms with E-state index in [1.165, 1.54) is 165 Å². The predicted molar refractivity (Wildman–Crippen MR) is 487 cm³/mol. The molecule has 9 aromatic carbocycles. The van der Waals surface area contributed by atoms with Gasteiger partial charge in [-0.2, -0.15) is 0 Å². The fourth-order valence-corrected chi connectivity index (χ4v) is 20.7. The van der Waals surface area contributed by atoms with Gasteiger partial charge in [-0.3, -0.25) is 0 Å². The van der Waals surface area contributed by atoms with Crippen LogP contribution in [0.4, 0.5) is 45.5 Å². The topological polar surface area (TPSA) is 59.0 Å². The maximum Gasteiger partial charge on any atom is 0.119 e. The van der Waals surface area contributed by atoms with Crippen molar-refractivity contribution >= 4 is 96.2 Å². The number of phenolic OH excluding ortho intramolecular Hbond substituents is 2. The molecule has 0 saturated carbocycles. The molecule has 0 fully saturated rings. The summed E-state index contributed by atoms with van der Waals surface area (Å²) >= 11 is 21.8. The van der Waals surface area contributed by atoms with Crippen LogP contribution < -0.4 is 15.1 Å². The Labute approximate surface area is 698 Å². The average molecular weight is 1630 g/mol. The van der Waals surface area contributed by atoms with Gasteiger partial charge in [-0.15, -0.1) is 0 Å². The molecule has 0 aromatic heterocycles. The van der Waals surface area contributed by atoms with Gasteiger partial charge < -0.3 is 25.3 Å². The first-order valence-corrected chi connectivity index (χ1v) is 43.3. The molecule has 0 saturated heterocycles. The summed E-state index contributed by atoms with van der Waals surface area (Å²) in [5.74, 6) is 0.348. The highest BCUT2D eigenvalue weighted by Crippen LogP contribution is 2.56. The number of anilines is 8. The highest BCUT2D eigenvalue weighted by Gasteiger charge is 2.44. The summed E-state index contributed by atoms with van der Waals surface area (Å²) in [5, 5.41) is 25.0. The van der Waals surface area contributed by atoms with Crippen LogP contribution in [0.5, 0.6) is 11.5 Å². The van der Waals surface area contributed by atoms with Gasteiger partial charge in [-0.25, -0.2) is 0 Å². The first-order valence-electron chi connectivity index (χ1n) is 41.4. The number of nitrogens with zero attached hydrogens (tertiary/aromatic N) is 2. The van der Waals surface area contributed by atoms with Crippen LogP contribution >= 0.6 is 50.7 Å². The zero-order valence-electron chi connectivity index (χ0n) is 72.4. The number of hydrogen-bond donors (Lipinski definition) is 3. The fourth-order valence-electron chi connectivity index (χ4n) is 19.3. The van der Waals surface area contributed by atoms with E-state index in [0.29, 0.717) is 10.0 Å². The lowest BCUT2D eigenvalue weighted by atomic mass is 9.63. The van der Waals surface area contributed by atoms with Crippen LogP contribution in [0.25, 0.3) is 0 Å². The highest BCUT2D eigenvalue weighted by atomic mass is 79.9. The molecule has 0 aliphatic heterocycles. The lowest BCUT2D eigenvalue weighted by molar-refractivity contribution is 0.332. The van der Waals surface area contributed by atoms with E-state index in [0.717, 1.165) is 45.1 Å². The maximum absolute atomic E-state index is 10.5.